The third-order valence-corrected chi connectivity index (χ3v) is 4.88. The Hall–Kier alpha value is -4.28. The van der Waals surface area contributed by atoms with Crippen LogP contribution in [0.25, 0.3) is 0 Å². The summed E-state index contributed by atoms with van der Waals surface area (Å²) in [4.78, 5) is 34.1. The van der Waals surface area contributed by atoms with Crippen LogP contribution < -0.4 is 10.1 Å². The Kier molecular flexibility index (Phi) is 6.19. The number of ether oxygens (including phenoxy) is 1. The number of anilines is 1. The van der Waals surface area contributed by atoms with Crippen molar-refractivity contribution in [3.63, 3.8) is 0 Å². The molecule has 11 heteroatoms. The van der Waals surface area contributed by atoms with E-state index in [1.807, 2.05) is 32.9 Å². The molecule has 2 aromatic carbocycles. The van der Waals surface area contributed by atoms with Gasteiger partial charge in [0.1, 0.15) is 17.7 Å². The van der Waals surface area contributed by atoms with E-state index < -0.39 is 21.4 Å². The summed E-state index contributed by atoms with van der Waals surface area (Å²) in [5, 5.41) is 29.0. The predicted octanol–water partition coefficient (Wildman–Crippen LogP) is 4.69. The molecule has 3 rings (SSSR count). The van der Waals surface area contributed by atoms with Crippen molar-refractivity contribution in [2.75, 3.05) is 5.32 Å². The Morgan fingerprint density at radius 2 is 1.81 bits per heavy atom. The van der Waals surface area contributed by atoms with Gasteiger partial charge in [-0.2, -0.15) is 5.10 Å². The number of nitrogens with one attached hydrogen (secondary N) is 1. The highest BCUT2D eigenvalue weighted by Crippen LogP contribution is 2.33. The lowest BCUT2D eigenvalue weighted by Crippen LogP contribution is -2.19. The van der Waals surface area contributed by atoms with E-state index >= 15 is 0 Å². The van der Waals surface area contributed by atoms with Crippen molar-refractivity contribution in [3.8, 4) is 11.5 Å². The number of hydrogen-bond donors (Lipinski definition) is 1. The molecule has 0 unspecified atom stereocenters. The van der Waals surface area contributed by atoms with Gasteiger partial charge in [-0.15, -0.1) is 0 Å². The van der Waals surface area contributed by atoms with Crippen LogP contribution in [0.4, 0.5) is 17.1 Å². The Labute approximate surface area is 182 Å². The summed E-state index contributed by atoms with van der Waals surface area (Å²) in [6, 6.07) is 7.61. The third kappa shape index (κ3) is 4.56. The standard InChI is InChI=1S/C21H21N5O6/c1-5-24-20(18(11-22-24)26(30)31)21(27)23-15-8-16(25(28)29)10-17(9-15)32-19-7-12(2)6-13(3)14(19)4/h6-11H,5H2,1-4H3,(H,23,27). The van der Waals surface area contributed by atoms with E-state index in [1.54, 1.807) is 6.92 Å². The van der Waals surface area contributed by atoms with Crippen LogP contribution in [0, 0.1) is 41.0 Å². The topological polar surface area (TPSA) is 142 Å². The number of carbonyl (C=O) groups is 1. The number of aromatic nitrogens is 2. The lowest BCUT2D eigenvalue weighted by atomic mass is 10.1. The number of hydrogen-bond acceptors (Lipinski definition) is 7. The van der Waals surface area contributed by atoms with Gasteiger partial charge in [0.25, 0.3) is 11.6 Å². The molecule has 0 saturated heterocycles. The van der Waals surface area contributed by atoms with Gasteiger partial charge in [-0.3, -0.25) is 29.7 Å². The fourth-order valence-electron chi connectivity index (χ4n) is 3.23. The smallest absolute Gasteiger partial charge is 0.320 e. The molecule has 0 bridgehead atoms. The zero-order chi connectivity index (χ0) is 23.6. The molecule has 0 fully saturated rings. The summed E-state index contributed by atoms with van der Waals surface area (Å²) >= 11 is 0. The van der Waals surface area contributed by atoms with Crippen LogP contribution in [0.5, 0.6) is 11.5 Å². The predicted molar refractivity (Wildman–Crippen MR) is 116 cm³/mol. The maximum atomic E-state index is 12.8. The van der Waals surface area contributed by atoms with Crippen LogP contribution >= 0.6 is 0 Å². The number of non-ortho nitro benzene ring substituents is 1. The Balaban J connectivity index is 1.99. The van der Waals surface area contributed by atoms with Gasteiger partial charge in [-0.25, -0.2) is 0 Å². The van der Waals surface area contributed by atoms with Crippen molar-refractivity contribution < 1.29 is 19.4 Å². The maximum absolute atomic E-state index is 12.8. The molecule has 11 nitrogen and oxygen atoms in total. The van der Waals surface area contributed by atoms with E-state index in [2.05, 4.69) is 10.4 Å². The molecule has 0 atom stereocenters. The average Bonchev–Trinajstić information content (AvgIpc) is 3.16. The van der Waals surface area contributed by atoms with Crippen LogP contribution in [0.2, 0.25) is 0 Å². The van der Waals surface area contributed by atoms with Crippen LogP contribution in [-0.4, -0.2) is 25.5 Å². The molecule has 3 aromatic rings. The number of aryl methyl sites for hydroxylation is 3. The van der Waals surface area contributed by atoms with Crippen molar-refractivity contribution in [3.05, 3.63) is 79.1 Å². The fourth-order valence-corrected chi connectivity index (χ4v) is 3.23. The molecule has 0 aliphatic carbocycles. The minimum Gasteiger partial charge on any atom is -0.457 e. The monoisotopic (exact) mass is 439 g/mol. The van der Waals surface area contributed by atoms with Gasteiger partial charge in [-0.05, 0) is 50.5 Å². The average molecular weight is 439 g/mol. The molecule has 1 aromatic heterocycles. The Morgan fingerprint density at radius 1 is 1.09 bits per heavy atom. The zero-order valence-corrected chi connectivity index (χ0v) is 17.9. The summed E-state index contributed by atoms with van der Waals surface area (Å²) in [6.45, 7) is 7.61. The highest BCUT2D eigenvalue weighted by molar-refractivity contribution is 6.06. The molecular weight excluding hydrogens is 418 g/mol. The first-order valence-corrected chi connectivity index (χ1v) is 9.67. The number of benzene rings is 2. The second kappa shape index (κ2) is 8.84. The first kappa shape index (κ1) is 22.4. The second-order valence-electron chi connectivity index (χ2n) is 7.19. The number of carbonyl (C=O) groups excluding carboxylic acids is 1. The first-order valence-electron chi connectivity index (χ1n) is 9.67. The van der Waals surface area contributed by atoms with Gasteiger partial charge in [0.2, 0.25) is 5.69 Å². The van der Waals surface area contributed by atoms with Gasteiger partial charge in [0.15, 0.2) is 0 Å². The Morgan fingerprint density at radius 3 is 2.44 bits per heavy atom. The third-order valence-electron chi connectivity index (χ3n) is 4.88. The molecular formula is C21H21N5O6. The van der Waals surface area contributed by atoms with Crippen molar-refractivity contribution >= 4 is 23.0 Å². The molecule has 32 heavy (non-hydrogen) atoms. The largest absolute Gasteiger partial charge is 0.457 e. The SMILES string of the molecule is CCn1ncc([N+](=O)[O-])c1C(=O)Nc1cc(Oc2cc(C)cc(C)c2C)cc([N+](=O)[O-])c1. The minimum absolute atomic E-state index is 0.0550. The number of amides is 1. The van der Waals surface area contributed by atoms with E-state index in [1.165, 1.54) is 16.8 Å². The van der Waals surface area contributed by atoms with Gasteiger partial charge in [0.05, 0.1) is 21.6 Å². The first-order chi connectivity index (χ1) is 15.1. The van der Waals surface area contributed by atoms with E-state index in [9.17, 15) is 25.0 Å². The molecule has 1 N–H and O–H groups in total. The van der Waals surface area contributed by atoms with Crippen molar-refractivity contribution in [1.82, 2.24) is 9.78 Å². The molecule has 1 heterocycles. The summed E-state index contributed by atoms with van der Waals surface area (Å²) in [5.74, 6) is -0.147. The number of rotatable bonds is 7. The van der Waals surface area contributed by atoms with E-state index in [0.717, 1.165) is 29.0 Å². The van der Waals surface area contributed by atoms with Gasteiger partial charge < -0.3 is 10.1 Å². The molecule has 0 aliphatic heterocycles. The lowest BCUT2D eigenvalue weighted by Gasteiger charge is -2.13. The highest BCUT2D eigenvalue weighted by atomic mass is 16.6. The van der Waals surface area contributed by atoms with Crippen LogP contribution in [-0.2, 0) is 6.54 Å². The quantitative estimate of drug-likeness (QED) is 0.415. The summed E-state index contributed by atoms with van der Waals surface area (Å²) in [7, 11) is 0. The normalized spacial score (nSPS) is 10.6. The minimum atomic E-state index is -0.815. The molecule has 1 amide bonds. The van der Waals surface area contributed by atoms with Gasteiger partial charge >= 0.3 is 5.69 Å². The van der Waals surface area contributed by atoms with Crippen molar-refractivity contribution in [2.45, 2.75) is 34.2 Å². The van der Waals surface area contributed by atoms with Gasteiger partial charge in [0, 0.05) is 18.7 Å². The van der Waals surface area contributed by atoms with Crippen molar-refractivity contribution in [2.24, 2.45) is 0 Å². The molecule has 0 radical (unpaired) electrons. The number of nitro benzene ring substituents is 1. The van der Waals surface area contributed by atoms with Crippen LogP contribution in [0.3, 0.4) is 0 Å². The van der Waals surface area contributed by atoms with Gasteiger partial charge in [-0.1, -0.05) is 6.07 Å². The lowest BCUT2D eigenvalue weighted by molar-refractivity contribution is -0.385. The molecule has 0 saturated carbocycles. The zero-order valence-electron chi connectivity index (χ0n) is 17.9. The van der Waals surface area contributed by atoms with E-state index in [4.69, 9.17) is 4.74 Å². The summed E-state index contributed by atoms with van der Waals surface area (Å²) in [6.07, 6.45) is 0.989. The molecule has 0 spiro atoms. The molecule has 166 valence electrons. The maximum Gasteiger partial charge on any atom is 0.320 e. The summed E-state index contributed by atoms with van der Waals surface area (Å²) < 4.78 is 7.08. The molecule has 0 aliphatic rings. The van der Waals surface area contributed by atoms with Crippen LogP contribution in [0.1, 0.15) is 34.1 Å². The number of nitrogens with zero attached hydrogens (tertiary/aromatic N) is 4. The highest BCUT2D eigenvalue weighted by Gasteiger charge is 2.27. The van der Waals surface area contributed by atoms with E-state index in [-0.39, 0.29) is 29.4 Å². The van der Waals surface area contributed by atoms with Crippen LogP contribution in [0.15, 0.2) is 36.5 Å². The Bertz CT molecular complexity index is 1230. The second-order valence-corrected chi connectivity index (χ2v) is 7.19. The van der Waals surface area contributed by atoms with Crippen molar-refractivity contribution in [1.29, 1.82) is 0 Å². The van der Waals surface area contributed by atoms with E-state index in [0.29, 0.717) is 5.75 Å². The summed E-state index contributed by atoms with van der Waals surface area (Å²) in [5.41, 5.74) is 1.86. The fraction of sp³-hybridized carbons (Fsp3) is 0.238. The number of nitro groups is 2.